The van der Waals surface area contributed by atoms with Crippen molar-refractivity contribution in [2.75, 3.05) is 5.73 Å². The van der Waals surface area contributed by atoms with E-state index in [4.69, 9.17) is 17.3 Å². The van der Waals surface area contributed by atoms with E-state index in [9.17, 15) is 8.42 Å². The summed E-state index contributed by atoms with van der Waals surface area (Å²) in [6.45, 7) is 3.72. The molecule has 0 aromatic heterocycles. The summed E-state index contributed by atoms with van der Waals surface area (Å²) in [4.78, 5) is 0.336. The Morgan fingerprint density at radius 1 is 1.10 bits per heavy atom. The van der Waals surface area contributed by atoms with Crippen LogP contribution in [0.4, 0.5) is 5.69 Å². The molecule has 0 bridgehead atoms. The highest BCUT2D eigenvalue weighted by Gasteiger charge is 2.19. The van der Waals surface area contributed by atoms with Gasteiger partial charge in [0.1, 0.15) is 0 Å². The second kappa shape index (κ2) is 5.46. The lowest BCUT2D eigenvalue weighted by Crippen LogP contribution is -2.08. The number of hydrogen-bond donors (Lipinski definition) is 1. The third kappa shape index (κ3) is 3.14. The second-order valence-corrected chi connectivity index (χ2v) is 7.27. The highest BCUT2D eigenvalue weighted by molar-refractivity contribution is 7.90. The molecule has 0 amide bonds. The van der Waals surface area contributed by atoms with E-state index in [0.29, 0.717) is 21.2 Å². The lowest BCUT2D eigenvalue weighted by Gasteiger charge is -2.10. The molecule has 5 heteroatoms. The zero-order valence-corrected chi connectivity index (χ0v) is 12.9. The molecule has 0 unspecified atom stereocenters. The number of nitrogen functional groups attached to an aromatic ring is 1. The molecule has 0 radical (unpaired) electrons. The quantitative estimate of drug-likeness (QED) is 0.883. The van der Waals surface area contributed by atoms with Gasteiger partial charge in [0.05, 0.1) is 10.6 Å². The average molecular weight is 310 g/mol. The van der Waals surface area contributed by atoms with Crippen LogP contribution in [-0.4, -0.2) is 8.42 Å². The van der Waals surface area contributed by atoms with Gasteiger partial charge in [0.25, 0.3) is 0 Å². The van der Waals surface area contributed by atoms with E-state index in [1.54, 1.807) is 37.3 Å². The molecule has 2 rings (SSSR count). The number of anilines is 1. The molecule has 2 N–H and O–H groups in total. The van der Waals surface area contributed by atoms with Crippen molar-refractivity contribution in [2.45, 2.75) is 24.5 Å². The first-order valence-corrected chi connectivity index (χ1v) is 8.16. The summed E-state index contributed by atoms with van der Waals surface area (Å²) < 4.78 is 25.0. The molecule has 3 nitrogen and oxygen atoms in total. The molecule has 0 spiro atoms. The molecule has 0 fully saturated rings. The molecule has 2 aromatic carbocycles. The van der Waals surface area contributed by atoms with Crippen LogP contribution in [0.5, 0.6) is 0 Å². The Kier molecular flexibility index (Phi) is 4.06. The molecule has 0 aliphatic rings. The van der Waals surface area contributed by atoms with Crippen molar-refractivity contribution in [1.82, 2.24) is 0 Å². The fourth-order valence-corrected chi connectivity index (χ4v) is 3.96. The third-order valence-corrected chi connectivity index (χ3v) is 5.17. The summed E-state index contributed by atoms with van der Waals surface area (Å²) in [5.74, 6) is -0.150. The van der Waals surface area contributed by atoms with Gasteiger partial charge in [-0.3, -0.25) is 0 Å². The van der Waals surface area contributed by atoms with Crippen LogP contribution in [-0.2, 0) is 15.6 Å². The standard InChI is InChI=1S/C15H16ClNO2S/c1-10-3-6-15(11(2)7-10)20(18,19)9-12-8-13(16)4-5-14(12)17/h3-8H,9,17H2,1-2H3. The van der Waals surface area contributed by atoms with Crippen molar-refractivity contribution in [3.8, 4) is 0 Å². The minimum atomic E-state index is -3.44. The van der Waals surface area contributed by atoms with Crippen molar-refractivity contribution in [3.05, 3.63) is 58.1 Å². The fourth-order valence-electron chi connectivity index (χ4n) is 2.13. The lowest BCUT2D eigenvalue weighted by atomic mass is 10.2. The summed E-state index contributed by atoms with van der Waals surface area (Å²) >= 11 is 5.89. The van der Waals surface area contributed by atoms with Gasteiger partial charge in [-0.15, -0.1) is 0 Å². The Labute approximate surface area is 124 Å². The van der Waals surface area contributed by atoms with Crippen molar-refractivity contribution in [1.29, 1.82) is 0 Å². The Balaban J connectivity index is 2.43. The van der Waals surface area contributed by atoms with E-state index in [-0.39, 0.29) is 5.75 Å². The van der Waals surface area contributed by atoms with Gasteiger partial charge in [0.2, 0.25) is 0 Å². The molecule has 0 aliphatic heterocycles. The van der Waals surface area contributed by atoms with Crippen LogP contribution in [0.25, 0.3) is 0 Å². The maximum absolute atomic E-state index is 12.5. The van der Waals surface area contributed by atoms with E-state index >= 15 is 0 Å². The molecule has 0 aliphatic carbocycles. The van der Waals surface area contributed by atoms with Crippen LogP contribution in [0.2, 0.25) is 5.02 Å². The number of hydrogen-bond acceptors (Lipinski definition) is 3. The van der Waals surface area contributed by atoms with Crippen LogP contribution in [0, 0.1) is 13.8 Å². The Hall–Kier alpha value is -1.52. The van der Waals surface area contributed by atoms with Crippen LogP contribution < -0.4 is 5.73 Å². The number of rotatable bonds is 3. The van der Waals surface area contributed by atoms with Crippen molar-refractivity contribution in [3.63, 3.8) is 0 Å². The largest absolute Gasteiger partial charge is 0.398 e. The van der Waals surface area contributed by atoms with Crippen molar-refractivity contribution in [2.24, 2.45) is 0 Å². The number of benzene rings is 2. The van der Waals surface area contributed by atoms with E-state index in [0.717, 1.165) is 11.1 Å². The van der Waals surface area contributed by atoms with Crippen LogP contribution >= 0.6 is 11.6 Å². The van der Waals surface area contributed by atoms with Gasteiger partial charge < -0.3 is 5.73 Å². The molecule has 0 saturated heterocycles. The SMILES string of the molecule is Cc1ccc(S(=O)(=O)Cc2cc(Cl)ccc2N)c(C)c1. The smallest absolute Gasteiger partial charge is 0.182 e. The number of nitrogens with two attached hydrogens (primary N) is 1. The fraction of sp³-hybridized carbons (Fsp3) is 0.200. The highest BCUT2D eigenvalue weighted by atomic mass is 35.5. The highest BCUT2D eigenvalue weighted by Crippen LogP contribution is 2.25. The van der Waals surface area contributed by atoms with E-state index in [1.165, 1.54) is 0 Å². The van der Waals surface area contributed by atoms with Crippen molar-refractivity contribution >= 4 is 27.1 Å². The Morgan fingerprint density at radius 3 is 2.45 bits per heavy atom. The summed E-state index contributed by atoms with van der Waals surface area (Å²) in [5.41, 5.74) is 8.54. The van der Waals surface area contributed by atoms with Gasteiger partial charge >= 0.3 is 0 Å². The van der Waals surface area contributed by atoms with E-state index in [2.05, 4.69) is 0 Å². The normalized spacial score (nSPS) is 11.6. The van der Waals surface area contributed by atoms with E-state index < -0.39 is 9.84 Å². The van der Waals surface area contributed by atoms with Crippen LogP contribution in [0.3, 0.4) is 0 Å². The monoisotopic (exact) mass is 309 g/mol. The van der Waals surface area contributed by atoms with Gasteiger partial charge in [-0.05, 0) is 49.2 Å². The predicted molar refractivity (Wildman–Crippen MR) is 82.7 cm³/mol. The maximum Gasteiger partial charge on any atom is 0.182 e. The minimum absolute atomic E-state index is 0.150. The molecule has 20 heavy (non-hydrogen) atoms. The molecular weight excluding hydrogens is 294 g/mol. The van der Waals surface area contributed by atoms with Crippen LogP contribution in [0.15, 0.2) is 41.3 Å². The number of halogens is 1. The lowest BCUT2D eigenvalue weighted by molar-refractivity contribution is 0.594. The third-order valence-electron chi connectivity index (χ3n) is 3.12. The second-order valence-electron chi connectivity index (χ2n) is 4.87. The van der Waals surface area contributed by atoms with Gasteiger partial charge in [-0.25, -0.2) is 8.42 Å². The molecule has 0 atom stereocenters. The first kappa shape index (κ1) is 14.9. The topological polar surface area (TPSA) is 60.2 Å². The summed E-state index contributed by atoms with van der Waals surface area (Å²) in [7, 11) is -3.44. The zero-order chi connectivity index (χ0) is 14.9. The van der Waals surface area contributed by atoms with Gasteiger partial charge in [0, 0.05) is 10.7 Å². The zero-order valence-electron chi connectivity index (χ0n) is 11.4. The Bertz CT molecular complexity index is 754. The van der Waals surface area contributed by atoms with Crippen molar-refractivity contribution < 1.29 is 8.42 Å². The van der Waals surface area contributed by atoms with Gasteiger partial charge in [-0.1, -0.05) is 29.3 Å². The summed E-state index contributed by atoms with van der Waals surface area (Å²) in [6, 6.07) is 10.1. The first-order chi connectivity index (χ1) is 9.29. The molecule has 0 heterocycles. The number of aryl methyl sites for hydroxylation is 2. The number of sulfone groups is 1. The van der Waals surface area contributed by atoms with E-state index in [1.807, 2.05) is 13.0 Å². The predicted octanol–water partition coefficient (Wildman–Crippen LogP) is 3.51. The average Bonchev–Trinajstić information content (AvgIpc) is 2.33. The molecule has 0 saturated carbocycles. The Morgan fingerprint density at radius 2 is 1.80 bits per heavy atom. The van der Waals surface area contributed by atoms with Gasteiger partial charge in [-0.2, -0.15) is 0 Å². The molecule has 106 valence electrons. The van der Waals surface area contributed by atoms with Crippen LogP contribution in [0.1, 0.15) is 16.7 Å². The summed E-state index contributed by atoms with van der Waals surface area (Å²) in [6.07, 6.45) is 0. The first-order valence-electron chi connectivity index (χ1n) is 6.13. The summed E-state index contributed by atoms with van der Waals surface area (Å²) in [5, 5.41) is 0.477. The van der Waals surface area contributed by atoms with Gasteiger partial charge in [0.15, 0.2) is 9.84 Å². The minimum Gasteiger partial charge on any atom is -0.398 e. The molecular formula is C15H16ClNO2S. The maximum atomic E-state index is 12.5. The molecule has 2 aromatic rings.